The van der Waals surface area contributed by atoms with Gasteiger partial charge in [-0.05, 0) is 134 Å². The van der Waals surface area contributed by atoms with E-state index in [0.717, 1.165) is 28.4 Å². The molecule has 0 aliphatic heterocycles. The third-order valence-corrected chi connectivity index (χ3v) is 12.3. The van der Waals surface area contributed by atoms with Gasteiger partial charge in [0, 0.05) is 22.9 Å². The first-order chi connectivity index (χ1) is 30.4. The summed E-state index contributed by atoms with van der Waals surface area (Å²) in [4.78, 5) is 0. The van der Waals surface area contributed by atoms with Crippen LogP contribution >= 0.6 is 0 Å². The molecule has 0 spiro atoms. The molecule has 0 saturated heterocycles. The summed E-state index contributed by atoms with van der Waals surface area (Å²) in [7, 11) is 0. The summed E-state index contributed by atoms with van der Waals surface area (Å²) in [6, 6.07) is 57.8. The van der Waals surface area contributed by atoms with Gasteiger partial charge in [0.05, 0.1) is 0 Å². The van der Waals surface area contributed by atoms with Gasteiger partial charge in [0.25, 0.3) is 0 Å². The molecule has 8 aromatic carbocycles. The van der Waals surface area contributed by atoms with Gasteiger partial charge in [0.2, 0.25) is 0 Å². The number of hydrogen-bond acceptors (Lipinski definition) is 3. The zero-order valence-electron chi connectivity index (χ0n) is 36.7. The lowest BCUT2D eigenvalue weighted by molar-refractivity contribution is 0.660. The number of nitrogens with zero attached hydrogens (tertiary/aromatic N) is 1. The Morgan fingerprint density at radius 2 is 1.29 bits per heavy atom. The molecule has 2 N–H and O–H groups in total. The van der Waals surface area contributed by atoms with Gasteiger partial charge in [-0.1, -0.05) is 185 Å². The van der Waals surface area contributed by atoms with Crippen LogP contribution in [0.3, 0.4) is 0 Å². The standard InChI is InChI=1S/C48H34O.C8H12.C2H6.CH4N2/c1-48(2)42-21-8-7-19-39(42)46-34(15-10-22-43(46)48)27-30-12-9-14-31(26-30)36-20-11-23-45-47(36)41-29-33(24-25-44(41)49-45)40-28-32-13-3-4-16-35(32)37-17-5-6-18-38(37)40;1-8-6-4-2-3-5-7-8;1-2;1-3-2/h3-26,28-29H,27H2,1-2H3;4,6-7H,2-3,5H2,1H3;1-2H3;1-2H2. The van der Waals surface area contributed by atoms with E-state index in [1.54, 1.807) is 0 Å². The number of furan rings is 1. The van der Waals surface area contributed by atoms with Crippen molar-refractivity contribution in [2.75, 3.05) is 0 Å². The number of fused-ring (bicyclic) bond motifs is 9. The molecule has 1 aromatic heterocycles. The fraction of sp³-hybridized carbons (Fsp3) is 0.169. The predicted octanol–water partition coefficient (Wildman–Crippen LogP) is 16.4. The lowest BCUT2D eigenvalue weighted by atomic mass is 9.82. The molecule has 0 bridgehead atoms. The summed E-state index contributed by atoms with van der Waals surface area (Å²) >= 11 is 0. The summed E-state index contributed by atoms with van der Waals surface area (Å²) in [6.07, 6.45) is 11.5. The van der Waals surface area contributed by atoms with Crippen LogP contribution < -0.4 is 5.84 Å². The fourth-order valence-corrected chi connectivity index (χ4v) is 9.48. The summed E-state index contributed by atoms with van der Waals surface area (Å²) in [5.74, 6) is 4.36. The maximum Gasteiger partial charge on any atom is 0.136 e. The molecule has 11 rings (SSSR count). The maximum atomic E-state index is 6.49. The van der Waals surface area contributed by atoms with Crippen LogP contribution in [-0.2, 0) is 11.8 Å². The van der Waals surface area contributed by atoms with Crippen LogP contribution in [0.15, 0.2) is 191 Å². The summed E-state index contributed by atoms with van der Waals surface area (Å²) in [6.45, 7) is 13.7. The number of hydrogen-bond donors (Lipinski definition) is 1. The van der Waals surface area contributed by atoms with Crippen LogP contribution in [0.2, 0.25) is 0 Å². The van der Waals surface area contributed by atoms with Crippen molar-refractivity contribution in [3.63, 3.8) is 0 Å². The van der Waals surface area contributed by atoms with Crippen molar-refractivity contribution in [3.8, 4) is 33.4 Å². The van der Waals surface area contributed by atoms with Crippen molar-refractivity contribution in [2.45, 2.75) is 65.7 Å². The molecule has 0 amide bonds. The average molecular weight is 809 g/mol. The number of hydrazone groups is 1. The Labute approximate surface area is 366 Å². The molecule has 62 heavy (non-hydrogen) atoms. The minimum atomic E-state index is -0.000240. The maximum absolute atomic E-state index is 6.49. The molecule has 0 unspecified atom stereocenters. The Hall–Kier alpha value is -6.97. The van der Waals surface area contributed by atoms with E-state index in [1.165, 1.54) is 102 Å². The smallest absolute Gasteiger partial charge is 0.136 e. The van der Waals surface area contributed by atoms with Gasteiger partial charge in [-0.25, -0.2) is 0 Å². The molecule has 2 aliphatic rings. The van der Waals surface area contributed by atoms with E-state index in [-0.39, 0.29) is 5.41 Å². The van der Waals surface area contributed by atoms with Gasteiger partial charge in [0.1, 0.15) is 11.2 Å². The van der Waals surface area contributed by atoms with Crippen LogP contribution in [-0.4, -0.2) is 6.72 Å². The van der Waals surface area contributed by atoms with Crippen molar-refractivity contribution in [1.29, 1.82) is 0 Å². The molecule has 0 saturated carbocycles. The van der Waals surface area contributed by atoms with E-state index >= 15 is 0 Å². The monoisotopic (exact) mass is 808 g/mol. The number of benzene rings is 8. The highest BCUT2D eigenvalue weighted by atomic mass is 16.3. The third kappa shape index (κ3) is 7.99. The first-order valence-corrected chi connectivity index (χ1v) is 22.0. The highest BCUT2D eigenvalue weighted by Gasteiger charge is 2.36. The van der Waals surface area contributed by atoms with Crippen molar-refractivity contribution in [3.05, 3.63) is 204 Å². The van der Waals surface area contributed by atoms with Gasteiger partial charge in [-0.3, -0.25) is 0 Å². The van der Waals surface area contributed by atoms with Gasteiger partial charge in [0.15, 0.2) is 0 Å². The molecule has 308 valence electrons. The number of allylic oxidation sites excluding steroid dienone is 4. The van der Waals surface area contributed by atoms with E-state index in [0.29, 0.717) is 0 Å². The second kappa shape index (κ2) is 18.3. The molecular formula is C59H56N2O. The van der Waals surface area contributed by atoms with Crippen LogP contribution in [0.25, 0.3) is 76.9 Å². The van der Waals surface area contributed by atoms with Crippen molar-refractivity contribution >= 4 is 50.2 Å². The van der Waals surface area contributed by atoms with Crippen LogP contribution in [0, 0.1) is 0 Å². The van der Waals surface area contributed by atoms with Crippen molar-refractivity contribution in [1.82, 2.24) is 0 Å². The van der Waals surface area contributed by atoms with E-state index in [4.69, 9.17) is 4.42 Å². The molecule has 0 radical (unpaired) electrons. The van der Waals surface area contributed by atoms with Crippen LogP contribution in [0.5, 0.6) is 0 Å². The average Bonchev–Trinajstić information content (AvgIpc) is 3.67. The van der Waals surface area contributed by atoms with Gasteiger partial charge in [-0.15, -0.1) is 0 Å². The van der Waals surface area contributed by atoms with Crippen molar-refractivity contribution < 1.29 is 4.42 Å². The SMILES string of the molecule is C=NN.CC.CC1(C)c2ccccc2-c2c(Cc3cccc(-c4cccc5oc6ccc(-c7cc8ccccc8c8ccccc78)cc6c45)c3)cccc21.CC1=CCCCC=C1. The van der Waals surface area contributed by atoms with E-state index < -0.39 is 0 Å². The first-order valence-electron chi connectivity index (χ1n) is 22.0. The summed E-state index contributed by atoms with van der Waals surface area (Å²) < 4.78 is 6.49. The zero-order chi connectivity index (χ0) is 43.2. The zero-order valence-corrected chi connectivity index (χ0v) is 36.7. The molecule has 1 heterocycles. The summed E-state index contributed by atoms with van der Waals surface area (Å²) in [5, 5.41) is 10.1. The normalized spacial score (nSPS) is 13.4. The molecule has 2 aliphatic carbocycles. The lowest BCUT2D eigenvalue weighted by Gasteiger charge is -2.21. The molecule has 0 fully saturated rings. The Bertz CT molecular complexity index is 3120. The van der Waals surface area contributed by atoms with E-state index in [1.807, 2.05) is 13.8 Å². The Morgan fingerprint density at radius 3 is 2.13 bits per heavy atom. The van der Waals surface area contributed by atoms with E-state index in [9.17, 15) is 0 Å². The second-order valence-corrected chi connectivity index (χ2v) is 16.5. The minimum absolute atomic E-state index is 0.000240. The largest absolute Gasteiger partial charge is 0.456 e. The quantitative estimate of drug-likeness (QED) is 0.0833. The van der Waals surface area contributed by atoms with Gasteiger partial charge < -0.3 is 10.3 Å². The Morgan fingerprint density at radius 1 is 0.613 bits per heavy atom. The minimum Gasteiger partial charge on any atom is -0.456 e. The predicted molar refractivity (Wildman–Crippen MR) is 268 cm³/mol. The topological polar surface area (TPSA) is 51.5 Å². The Kier molecular flexibility index (Phi) is 12.3. The fourth-order valence-electron chi connectivity index (χ4n) is 9.48. The third-order valence-electron chi connectivity index (χ3n) is 12.3. The van der Waals surface area contributed by atoms with E-state index in [2.05, 4.69) is 214 Å². The number of nitrogens with two attached hydrogens (primary N) is 1. The molecule has 0 atom stereocenters. The molecular weight excluding hydrogens is 753 g/mol. The highest BCUT2D eigenvalue weighted by Crippen LogP contribution is 2.50. The van der Waals surface area contributed by atoms with Crippen molar-refractivity contribution in [2.24, 2.45) is 10.9 Å². The molecule has 9 aromatic rings. The first kappa shape index (κ1) is 41.8. The van der Waals surface area contributed by atoms with Crippen LogP contribution in [0.4, 0.5) is 0 Å². The van der Waals surface area contributed by atoms with Gasteiger partial charge in [-0.2, -0.15) is 5.10 Å². The van der Waals surface area contributed by atoms with Gasteiger partial charge >= 0.3 is 0 Å². The highest BCUT2D eigenvalue weighted by molar-refractivity contribution is 6.16. The van der Waals surface area contributed by atoms with Crippen LogP contribution in [0.1, 0.15) is 76.1 Å². The lowest BCUT2D eigenvalue weighted by Crippen LogP contribution is -2.14. The number of rotatable bonds is 4. The second-order valence-electron chi connectivity index (χ2n) is 16.5. The Balaban J connectivity index is 0.000000357. The molecule has 3 heteroatoms. The molecule has 3 nitrogen and oxygen atoms in total. The summed E-state index contributed by atoms with van der Waals surface area (Å²) in [5.41, 5.74) is 16.4.